The molecule has 0 saturated carbocycles. The molecule has 1 aromatic carbocycles. The van der Waals surface area contributed by atoms with Crippen molar-refractivity contribution in [2.24, 2.45) is 0 Å². The van der Waals surface area contributed by atoms with Crippen molar-refractivity contribution in [2.75, 3.05) is 11.4 Å². The van der Waals surface area contributed by atoms with Gasteiger partial charge in [0.15, 0.2) is 0 Å². The number of nitrogens with zero attached hydrogens (tertiary/aromatic N) is 2. The lowest BCUT2D eigenvalue weighted by Crippen LogP contribution is -2.65. The zero-order valence-corrected chi connectivity index (χ0v) is 13.5. The maximum Gasteiger partial charge on any atom is 0.245 e. The van der Waals surface area contributed by atoms with Crippen LogP contribution < -0.4 is 10.2 Å². The summed E-state index contributed by atoms with van der Waals surface area (Å²) in [5.74, 6) is -0.0375. The quantitative estimate of drug-likeness (QED) is 0.904. The first-order chi connectivity index (χ1) is 9.36. The molecular weight excluding hydrogens is 318 g/mol. The second-order valence-corrected chi connectivity index (χ2v) is 6.57. The van der Waals surface area contributed by atoms with Gasteiger partial charge in [-0.2, -0.15) is 5.26 Å². The van der Waals surface area contributed by atoms with Crippen molar-refractivity contribution in [3.63, 3.8) is 0 Å². The van der Waals surface area contributed by atoms with Crippen molar-refractivity contribution in [3.8, 4) is 6.07 Å². The van der Waals surface area contributed by atoms with Crippen LogP contribution in [-0.2, 0) is 4.79 Å². The molecular formula is C15H18BrN3O. The molecule has 1 aliphatic rings. The van der Waals surface area contributed by atoms with Gasteiger partial charge < -0.3 is 10.2 Å². The first kappa shape index (κ1) is 15.0. The van der Waals surface area contributed by atoms with Gasteiger partial charge in [0.25, 0.3) is 0 Å². The van der Waals surface area contributed by atoms with E-state index in [1.54, 1.807) is 0 Å². The van der Waals surface area contributed by atoms with E-state index in [1.807, 2.05) is 43.9 Å². The molecule has 0 radical (unpaired) electrons. The van der Waals surface area contributed by atoms with Gasteiger partial charge in [0, 0.05) is 16.7 Å². The van der Waals surface area contributed by atoms with Gasteiger partial charge >= 0.3 is 0 Å². The Hall–Kier alpha value is -1.38. The summed E-state index contributed by atoms with van der Waals surface area (Å²) in [7, 11) is 0. The van der Waals surface area contributed by atoms with E-state index in [0.29, 0.717) is 6.54 Å². The molecule has 1 fully saturated rings. The Balaban J connectivity index is 2.41. The summed E-state index contributed by atoms with van der Waals surface area (Å²) < 4.78 is 1.02. The lowest BCUT2D eigenvalue weighted by atomic mass is 9.94. The van der Waals surface area contributed by atoms with Gasteiger partial charge in [-0.15, -0.1) is 0 Å². The summed E-state index contributed by atoms with van der Waals surface area (Å²) >= 11 is 3.47. The number of carbonyl (C=O) groups is 1. The molecule has 1 N–H and O–H groups in total. The molecule has 1 unspecified atom stereocenters. The van der Waals surface area contributed by atoms with Crippen LogP contribution in [0.1, 0.15) is 25.8 Å². The molecule has 1 aromatic rings. The number of hydrogen-bond donors (Lipinski definition) is 1. The van der Waals surface area contributed by atoms with Gasteiger partial charge in [0.1, 0.15) is 6.04 Å². The zero-order chi connectivity index (χ0) is 14.9. The van der Waals surface area contributed by atoms with E-state index in [4.69, 9.17) is 5.26 Å². The molecule has 1 atom stereocenters. The van der Waals surface area contributed by atoms with Crippen LogP contribution in [0, 0.1) is 18.3 Å². The van der Waals surface area contributed by atoms with Crippen molar-refractivity contribution in [1.29, 1.82) is 5.26 Å². The van der Waals surface area contributed by atoms with E-state index in [-0.39, 0.29) is 17.9 Å². The van der Waals surface area contributed by atoms with Crippen molar-refractivity contribution < 1.29 is 4.79 Å². The fraction of sp³-hybridized carbons (Fsp3) is 0.467. The smallest absolute Gasteiger partial charge is 0.245 e. The van der Waals surface area contributed by atoms with Crippen LogP contribution in [-0.4, -0.2) is 24.0 Å². The standard InChI is InChI=1S/C15H18BrN3O/c1-10-8-11(4-5-12(10)16)19-14(20)13(6-7-17)18-9-15(19,2)3/h4-5,8,13,18H,6,9H2,1-3H3. The van der Waals surface area contributed by atoms with E-state index in [1.165, 1.54) is 0 Å². The van der Waals surface area contributed by atoms with Crippen LogP contribution in [0.25, 0.3) is 0 Å². The SMILES string of the molecule is Cc1cc(N2C(=O)C(CC#N)NCC2(C)C)ccc1Br. The molecule has 0 bridgehead atoms. The van der Waals surface area contributed by atoms with Crippen molar-refractivity contribution in [1.82, 2.24) is 5.32 Å². The van der Waals surface area contributed by atoms with Crippen LogP contribution in [0.15, 0.2) is 22.7 Å². The highest BCUT2D eigenvalue weighted by atomic mass is 79.9. The Labute approximate surface area is 127 Å². The van der Waals surface area contributed by atoms with Gasteiger partial charge in [0.05, 0.1) is 18.0 Å². The van der Waals surface area contributed by atoms with Gasteiger partial charge in [-0.25, -0.2) is 0 Å². The number of halogens is 1. The Morgan fingerprint density at radius 2 is 2.25 bits per heavy atom. The summed E-state index contributed by atoms with van der Waals surface area (Å²) in [5, 5.41) is 12.0. The van der Waals surface area contributed by atoms with Crippen LogP contribution in [0.3, 0.4) is 0 Å². The minimum absolute atomic E-state index is 0.0375. The van der Waals surface area contributed by atoms with Crippen molar-refractivity contribution >= 4 is 27.5 Å². The number of rotatable bonds is 2. The summed E-state index contributed by atoms with van der Waals surface area (Å²) in [6.07, 6.45) is 0.195. The number of nitriles is 1. The number of benzene rings is 1. The number of anilines is 1. The summed E-state index contributed by atoms with van der Waals surface area (Å²) in [4.78, 5) is 14.4. The number of nitrogens with one attached hydrogen (secondary N) is 1. The Morgan fingerprint density at radius 1 is 1.55 bits per heavy atom. The van der Waals surface area contributed by atoms with E-state index < -0.39 is 6.04 Å². The average Bonchev–Trinajstić information content (AvgIpc) is 2.37. The number of piperazine rings is 1. The monoisotopic (exact) mass is 335 g/mol. The molecule has 2 rings (SSSR count). The first-order valence-electron chi connectivity index (χ1n) is 6.57. The number of carbonyl (C=O) groups excluding carboxylic acids is 1. The first-order valence-corrected chi connectivity index (χ1v) is 7.36. The van der Waals surface area contributed by atoms with E-state index >= 15 is 0 Å². The lowest BCUT2D eigenvalue weighted by molar-refractivity contribution is -0.123. The van der Waals surface area contributed by atoms with Gasteiger partial charge in [-0.3, -0.25) is 4.79 Å². The molecule has 106 valence electrons. The summed E-state index contributed by atoms with van der Waals surface area (Å²) in [6, 6.07) is 7.54. The van der Waals surface area contributed by atoms with Crippen molar-refractivity contribution in [3.05, 3.63) is 28.2 Å². The summed E-state index contributed by atoms with van der Waals surface area (Å²) in [6.45, 7) is 6.72. The molecule has 1 heterocycles. The lowest BCUT2D eigenvalue weighted by Gasteiger charge is -2.45. The fourth-order valence-electron chi connectivity index (χ4n) is 2.49. The van der Waals surface area contributed by atoms with Gasteiger partial charge in [-0.05, 0) is 44.5 Å². The summed E-state index contributed by atoms with van der Waals surface area (Å²) in [5.41, 5.74) is 1.65. The molecule has 0 aliphatic carbocycles. The van der Waals surface area contributed by atoms with E-state index in [2.05, 4.69) is 27.3 Å². The number of hydrogen-bond acceptors (Lipinski definition) is 3. The zero-order valence-electron chi connectivity index (χ0n) is 11.9. The molecule has 1 saturated heterocycles. The second-order valence-electron chi connectivity index (χ2n) is 5.72. The second kappa shape index (κ2) is 5.55. The highest BCUT2D eigenvalue weighted by Crippen LogP contribution is 2.31. The molecule has 0 aromatic heterocycles. The largest absolute Gasteiger partial charge is 0.304 e. The van der Waals surface area contributed by atoms with Crippen molar-refractivity contribution in [2.45, 2.75) is 38.8 Å². The number of aryl methyl sites for hydroxylation is 1. The van der Waals surface area contributed by atoms with Gasteiger partial charge in [-0.1, -0.05) is 15.9 Å². The molecule has 20 heavy (non-hydrogen) atoms. The minimum Gasteiger partial charge on any atom is -0.304 e. The highest BCUT2D eigenvalue weighted by Gasteiger charge is 2.40. The topological polar surface area (TPSA) is 56.1 Å². The number of amides is 1. The van der Waals surface area contributed by atoms with Crippen LogP contribution in [0.5, 0.6) is 0 Å². The molecule has 0 spiro atoms. The van der Waals surface area contributed by atoms with Crippen LogP contribution >= 0.6 is 15.9 Å². The Kier molecular flexibility index (Phi) is 4.17. The molecule has 1 amide bonds. The third-order valence-corrected chi connectivity index (χ3v) is 4.49. The van der Waals surface area contributed by atoms with Gasteiger partial charge in [0.2, 0.25) is 5.91 Å². The third-order valence-electron chi connectivity index (χ3n) is 3.60. The average molecular weight is 336 g/mol. The third kappa shape index (κ3) is 2.72. The van der Waals surface area contributed by atoms with E-state index in [0.717, 1.165) is 15.7 Å². The normalized spacial score (nSPS) is 21.6. The molecule has 1 aliphatic heterocycles. The highest BCUT2D eigenvalue weighted by molar-refractivity contribution is 9.10. The Morgan fingerprint density at radius 3 is 2.85 bits per heavy atom. The fourth-order valence-corrected chi connectivity index (χ4v) is 2.74. The molecule has 5 heteroatoms. The predicted octanol–water partition coefficient (Wildman–Crippen LogP) is 2.75. The maximum atomic E-state index is 12.6. The maximum absolute atomic E-state index is 12.6. The molecule has 4 nitrogen and oxygen atoms in total. The van der Waals surface area contributed by atoms with Crippen LogP contribution in [0.2, 0.25) is 0 Å². The predicted molar refractivity (Wildman–Crippen MR) is 82.5 cm³/mol. The minimum atomic E-state index is -0.419. The van der Waals surface area contributed by atoms with E-state index in [9.17, 15) is 4.79 Å². The Bertz CT molecular complexity index is 577. The van der Waals surface area contributed by atoms with Crippen LogP contribution in [0.4, 0.5) is 5.69 Å².